The van der Waals surface area contributed by atoms with E-state index in [1.165, 1.54) is 5.01 Å². The third kappa shape index (κ3) is 1.90. The number of carbonyl (C=O) groups excluding carboxylic acids is 1. The van der Waals surface area contributed by atoms with Crippen molar-refractivity contribution in [2.45, 2.75) is 12.5 Å². The van der Waals surface area contributed by atoms with Crippen molar-refractivity contribution in [1.29, 1.82) is 0 Å². The predicted molar refractivity (Wildman–Crippen MR) is 79.5 cm³/mol. The van der Waals surface area contributed by atoms with Crippen LogP contribution in [-0.4, -0.2) is 17.2 Å². The molecule has 1 atom stereocenters. The molecule has 2 N–H and O–H groups in total. The summed E-state index contributed by atoms with van der Waals surface area (Å²) in [6.07, 6.45) is 0. The van der Waals surface area contributed by atoms with Gasteiger partial charge in [0.05, 0.1) is 11.4 Å². The second kappa shape index (κ2) is 4.58. The molecule has 0 spiro atoms. The van der Waals surface area contributed by atoms with Crippen molar-refractivity contribution in [3.63, 3.8) is 0 Å². The van der Waals surface area contributed by atoms with Gasteiger partial charge in [-0.05, 0) is 19.1 Å². The Balaban J connectivity index is 2.08. The Kier molecular flexibility index (Phi) is 2.88. The molecule has 1 aliphatic heterocycles. The van der Waals surface area contributed by atoms with Crippen LogP contribution in [0.15, 0.2) is 65.8 Å². The van der Waals surface area contributed by atoms with Crippen molar-refractivity contribution in [2.24, 2.45) is 10.8 Å². The number of benzene rings is 2. The fourth-order valence-electron chi connectivity index (χ4n) is 2.27. The van der Waals surface area contributed by atoms with Crippen molar-refractivity contribution in [1.82, 2.24) is 0 Å². The summed E-state index contributed by atoms with van der Waals surface area (Å²) in [5.74, 6) is -0.220. The number of nitrogens with two attached hydrogens (primary N) is 1. The maximum atomic E-state index is 12.5. The van der Waals surface area contributed by atoms with Crippen LogP contribution in [-0.2, 0) is 4.79 Å². The number of carbonyl (C=O) groups is 1. The summed E-state index contributed by atoms with van der Waals surface area (Å²) in [4.78, 5) is 12.5. The van der Waals surface area contributed by atoms with Gasteiger partial charge in [0.1, 0.15) is 5.54 Å². The van der Waals surface area contributed by atoms with Crippen molar-refractivity contribution < 1.29 is 4.79 Å². The third-order valence-corrected chi connectivity index (χ3v) is 3.38. The maximum absolute atomic E-state index is 12.5. The molecule has 1 heterocycles. The van der Waals surface area contributed by atoms with E-state index >= 15 is 0 Å². The highest BCUT2D eigenvalue weighted by molar-refractivity contribution is 6.27. The molecule has 1 amide bonds. The van der Waals surface area contributed by atoms with Crippen LogP contribution in [0.4, 0.5) is 5.69 Å². The largest absolute Gasteiger partial charge is 0.312 e. The average molecular weight is 265 g/mol. The second-order valence-corrected chi connectivity index (χ2v) is 4.97. The van der Waals surface area contributed by atoms with Gasteiger partial charge in [-0.15, -0.1) is 0 Å². The zero-order chi connectivity index (χ0) is 14.2. The van der Waals surface area contributed by atoms with Crippen LogP contribution in [0.1, 0.15) is 12.5 Å². The minimum Gasteiger partial charge on any atom is -0.312 e. The monoisotopic (exact) mass is 265 g/mol. The van der Waals surface area contributed by atoms with Crippen LogP contribution in [0.2, 0.25) is 0 Å². The first-order valence-electron chi connectivity index (χ1n) is 6.43. The topological polar surface area (TPSA) is 58.7 Å². The summed E-state index contributed by atoms with van der Waals surface area (Å²) >= 11 is 0. The van der Waals surface area contributed by atoms with Gasteiger partial charge < -0.3 is 5.73 Å². The molecular formula is C16H15N3O. The first-order valence-corrected chi connectivity index (χ1v) is 6.43. The molecule has 20 heavy (non-hydrogen) atoms. The molecule has 100 valence electrons. The van der Waals surface area contributed by atoms with Gasteiger partial charge in [0.2, 0.25) is 0 Å². The normalized spacial score (nSPS) is 22.0. The molecular weight excluding hydrogens is 250 g/mol. The van der Waals surface area contributed by atoms with E-state index in [9.17, 15) is 4.79 Å². The number of hydrogen-bond acceptors (Lipinski definition) is 3. The molecule has 4 heteroatoms. The average Bonchev–Trinajstić information content (AvgIpc) is 2.72. The van der Waals surface area contributed by atoms with Gasteiger partial charge in [-0.2, -0.15) is 10.1 Å². The van der Waals surface area contributed by atoms with Gasteiger partial charge in [-0.3, -0.25) is 4.79 Å². The van der Waals surface area contributed by atoms with E-state index in [1.54, 1.807) is 6.92 Å². The van der Waals surface area contributed by atoms with Gasteiger partial charge in [0, 0.05) is 5.56 Å². The number of hydrogen-bond donors (Lipinski definition) is 1. The molecule has 0 aromatic heterocycles. The summed E-state index contributed by atoms with van der Waals surface area (Å²) in [7, 11) is 0. The summed E-state index contributed by atoms with van der Waals surface area (Å²) in [6, 6.07) is 18.9. The summed E-state index contributed by atoms with van der Waals surface area (Å²) in [5.41, 5.74) is 7.27. The molecule has 0 aliphatic carbocycles. The van der Waals surface area contributed by atoms with Crippen LogP contribution in [0.25, 0.3) is 0 Å². The smallest absolute Gasteiger partial charge is 0.273 e. The van der Waals surface area contributed by atoms with Crippen molar-refractivity contribution >= 4 is 17.3 Å². The molecule has 0 saturated carbocycles. The first kappa shape index (κ1) is 12.6. The Bertz CT molecular complexity index is 663. The van der Waals surface area contributed by atoms with Crippen LogP contribution in [0.3, 0.4) is 0 Å². The van der Waals surface area contributed by atoms with E-state index in [0.29, 0.717) is 5.71 Å². The molecule has 0 radical (unpaired) electrons. The number of nitrogens with zero attached hydrogens (tertiary/aromatic N) is 2. The molecule has 1 unspecified atom stereocenters. The lowest BCUT2D eigenvalue weighted by Gasteiger charge is -2.19. The first-order chi connectivity index (χ1) is 9.60. The predicted octanol–water partition coefficient (Wildman–Crippen LogP) is 2.15. The molecule has 0 fully saturated rings. The highest BCUT2D eigenvalue weighted by Crippen LogP contribution is 2.27. The Hall–Kier alpha value is -2.46. The van der Waals surface area contributed by atoms with Gasteiger partial charge in [-0.1, -0.05) is 48.5 Å². The van der Waals surface area contributed by atoms with Gasteiger partial charge >= 0.3 is 0 Å². The lowest BCUT2D eigenvalue weighted by atomic mass is 9.91. The summed E-state index contributed by atoms with van der Waals surface area (Å²) in [5, 5.41) is 5.82. The fraction of sp³-hybridized carbons (Fsp3) is 0.125. The number of anilines is 1. The van der Waals surface area contributed by atoms with Crippen LogP contribution in [0.5, 0.6) is 0 Å². The second-order valence-electron chi connectivity index (χ2n) is 4.97. The molecule has 0 saturated heterocycles. The lowest BCUT2D eigenvalue weighted by molar-refractivity contribution is -0.120. The molecule has 2 aromatic carbocycles. The minimum atomic E-state index is -1.11. The number of hydrazone groups is 1. The van der Waals surface area contributed by atoms with Crippen LogP contribution < -0.4 is 10.7 Å². The lowest BCUT2D eigenvalue weighted by Crippen LogP contribution is -2.52. The Morgan fingerprint density at radius 1 is 1.00 bits per heavy atom. The van der Waals surface area contributed by atoms with Gasteiger partial charge in [-0.25, -0.2) is 0 Å². The van der Waals surface area contributed by atoms with E-state index in [4.69, 9.17) is 5.73 Å². The van der Waals surface area contributed by atoms with E-state index in [0.717, 1.165) is 11.3 Å². The number of amides is 1. The summed E-state index contributed by atoms with van der Waals surface area (Å²) in [6.45, 7) is 1.70. The molecule has 4 nitrogen and oxygen atoms in total. The number of para-hydroxylation sites is 1. The molecule has 1 aliphatic rings. The highest BCUT2D eigenvalue weighted by atomic mass is 16.2. The Morgan fingerprint density at radius 2 is 1.55 bits per heavy atom. The van der Waals surface area contributed by atoms with Crippen LogP contribution in [0, 0.1) is 0 Å². The zero-order valence-electron chi connectivity index (χ0n) is 11.2. The SMILES string of the molecule is CC1(N)C(=O)N(c2ccccc2)N=C1c1ccccc1. The standard InChI is InChI=1S/C16H15N3O/c1-16(17)14(12-8-4-2-5-9-12)18-19(15(16)20)13-10-6-3-7-11-13/h2-11H,17H2,1H3. The fourth-order valence-corrected chi connectivity index (χ4v) is 2.27. The summed E-state index contributed by atoms with van der Waals surface area (Å²) < 4.78 is 0. The highest BCUT2D eigenvalue weighted by Gasteiger charge is 2.45. The minimum absolute atomic E-state index is 0.220. The molecule has 3 rings (SSSR count). The van der Waals surface area contributed by atoms with Crippen molar-refractivity contribution in [3.05, 3.63) is 66.2 Å². The van der Waals surface area contributed by atoms with Crippen molar-refractivity contribution in [2.75, 3.05) is 5.01 Å². The molecule has 0 bridgehead atoms. The Morgan fingerprint density at radius 3 is 2.15 bits per heavy atom. The third-order valence-electron chi connectivity index (χ3n) is 3.38. The van der Waals surface area contributed by atoms with E-state index < -0.39 is 5.54 Å². The Labute approximate surface area is 117 Å². The number of rotatable bonds is 2. The zero-order valence-corrected chi connectivity index (χ0v) is 11.2. The van der Waals surface area contributed by atoms with E-state index in [-0.39, 0.29) is 5.91 Å². The quantitative estimate of drug-likeness (QED) is 0.904. The van der Waals surface area contributed by atoms with Crippen molar-refractivity contribution in [3.8, 4) is 0 Å². The van der Waals surface area contributed by atoms with E-state index in [1.807, 2.05) is 60.7 Å². The van der Waals surface area contributed by atoms with Crippen LogP contribution >= 0.6 is 0 Å². The van der Waals surface area contributed by atoms with Gasteiger partial charge in [0.25, 0.3) is 5.91 Å². The maximum Gasteiger partial charge on any atom is 0.273 e. The van der Waals surface area contributed by atoms with E-state index in [2.05, 4.69) is 5.10 Å². The molecule has 2 aromatic rings. The van der Waals surface area contributed by atoms with Gasteiger partial charge in [0.15, 0.2) is 0 Å².